The van der Waals surface area contributed by atoms with E-state index in [1.807, 2.05) is 13.8 Å². The van der Waals surface area contributed by atoms with Crippen molar-refractivity contribution in [3.63, 3.8) is 0 Å². The van der Waals surface area contributed by atoms with Crippen molar-refractivity contribution in [2.75, 3.05) is 0 Å². The second-order valence-electron chi connectivity index (χ2n) is 5.57. The van der Waals surface area contributed by atoms with Gasteiger partial charge in [-0.3, -0.25) is 9.59 Å². The van der Waals surface area contributed by atoms with Gasteiger partial charge in [-0.1, -0.05) is 44.2 Å². The van der Waals surface area contributed by atoms with Crippen LogP contribution in [0.25, 0.3) is 0 Å². The van der Waals surface area contributed by atoms with Gasteiger partial charge in [0.1, 0.15) is 6.04 Å². The van der Waals surface area contributed by atoms with Crippen molar-refractivity contribution >= 4 is 17.8 Å². The molecule has 0 aliphatic rings. The van der Waals surface area contributed by atoms with Crippen molar-refractivity contribution in [3.05, 3.63) is 35.9 Å². The molecule has 0 aliphatic carbocycles. The summed E-state index contributed by atoms with van der Waals surface area (Å²) in [6.45, 7) is 5.18. The summed E-state index contributed by atoms with van der Waals surface area (Å²) in [6, 6.07) is 6.56. The lowest BCUT2D eigenvalue weighted by Gasteiger charge is -2.22. The number of hydrogen-bond donors (Lipinski definition) is 3. The van der Waals surface area contributed by atoms with E-state index < -0.39 is 24.0 Å². The molecule has 0 spiro atoms. The van der Waals surface area contributed by atoms with Crippen molar-refractivity contribution in [1.29, 1.82) is 0 Å². The van der Waals surface area contributed by atoms with Gasteiger partial charge in [0.05, 0.1) is 0 Å². The average Bonchev–Trinajstić information content (AvgIpc) is 2.43. The molecule has 0 saturated carbocycles. The zero-order valence-corrected chi connectivity index (χ0v) is 13.0. The van der Waals surface area contributed by atoms with Gasteiger partial charge < -0.3 is 15.7 Å². The van der Waals surface area contributed by atoms with Crippen molar-refractivity contribution in [2.45, 2.75) is 39.3 Å². The fraction of sp³-hybridized carbons (Fsp3) is 0.438. The van der Waals surface area contributed by atoms with E-state index >= 15 is 0 Å². The van der Waals surface area contributed by atoms with Crippen molar-refractivity contribution in [1.82, 2.24) is 10.6 Å². The minimum Gasteiger partial charge on any atom is -0.479 e. The van der Waals surface area contributed by atoms with Crippen LogP contribution in [0, 0.1) is 5.92 Å². The lowest BCUT2D eigenvalue weighted by Crippen LogP contribution is -2.48. The maximum atomic E-state index is 12.3. The first-order valence-electron chi connectivity index (χ1n) is 7.16. The molecule has 22 heavy (non-hydrogen) atoms. The lowest BCUT2D eigenvalue weighted by molar-refractivity contribution is -0.142. The Labute approximate surface area is 129 Å². The number of rotatable bonds is 7. The van der Waals surface area contributed by atoms with Gasteiger partial charge in [0.2, 0.25) is 11.8 Å². The Morgan fingerprint density at radius 3 is 2.14 bits per heavy atom. The molecule has 2 amide bonds. The first-order valence-corrected chi connectivity index (χ1v) is 7.16. The Morgan fingerprint density at radius 2 is 1.68 bits per heavy atom. The Morgan fingerprint density at radius 1 is 1.09 bits per heavy atom. The van der Waals surface area contributed by atoms with Crippen LogP contribution in [0.1, 0.15) is 38.8 Å². The number of amides is 2. The summed E-state index contributed by atoms with van der Waals surface area (Å²) in [5.41, 5.74) is 0.481. The molecule has 1 rings (SSSR count). The second-order valence-corrected chi connectivity index (χ2v) is 5.57. The van der Waals surface area contributed by atoms with Crippen LogP contribution in [0.5, 0.6) is 0 Å². The Hall–Kier alpha value is -2.37. The third kappa shape index (κ3) is 5.55. The minimum atomic E-state index is -1.15. The van der Waals surface area contributed by atoms with Gasteiger partial charge in [-0.2, -0.15) is 0 Å². The number of nitrogens with one attached hydrogen (secondary N) is 2. The van der Waals surface area contributed by atoms with Crippen LogP contribution in [-0.2, 0) is 14.4 Å². The van der Waals surface area contributed by atoms with Crippen LogP contribution in [-0.4, -0.2) is 28.9 Å². The SMILES string of the molecule is CC(=O)N[C@@H](CC(C)C)C(=O)N[C@H](C(=O)O)c1ccccc1. The number of carboxylic acids is 1. The van der Waals surface area contributed by atoms with E-state index in [0.29, 0.717) is 12.0 Å². The van der Waals surface area contributed by atoms with Crippen LogP contribution >= 0.6 is 0 Å². The third-order valence-corrected chi connectivity index (χ3v) is 3.07. The van der Waals surface area contributed by atoms with Crippen LogP contribution in [0.2, 0.25) is 0 Å². The molecule has 0 heterocycles. The molecule has 6 heteroatoms. The quantitative estimate of drug-likeness (QED) is 0.711. The normalized spacial score (nSPS) is 13.3. The Balaban J connectivity index is 2.88. The predicted molar refractivity (Wildman–Crippen MR) is 82.0 cm³/mol. The Kier molecular flexibility index (Phi) is 6.56. The van der Waals surface area contributed by atoms with Gasteiger partial charge in [-0.05, 0) is 17.9 Å². The first-order chi connectivity index (χ1) is 10.3. The minimum absolute atomic E-state index is 0.183. The molecule has 0 radical (unpaired) electrons. The highest BCUT2D eigenvalue weighted by Gasteiger charge is 2.27. The summed E-state index contributed by atoms with van der Waals surface area (Å²) in [4.78, 5) is 34.9. The van der Waals surface area contributed by atoms with Crippen LogP contribution in [0.4, 0.5) is 0 Å². The standard InChI is InChI=1S/C16H22N2O4/c1-10(2)9-13(17-11(3)19)15(20)18-14(16(21)22)12-7-5-4-6-8-12/h4-8,10,13-14H,9H2,1-3H3,(H,17,19)(H,18,20)(H,21,22)/t13-,14-/m0/s1. The van der Waals surface area contributed by atoms with E-state index in [4.69, 9.17) is 0 Å². The number of carboxylic acid groups (broad SMARTS) is 1. The third-order valence-electron chi connectivity index (χ3n) is 3.07. The average molecular weight is 306 g/mol. The van der Waals surface area contributed by atoms with E-state index in [-0.39, 0.29) is 11.8 Å². The molecular weight excluding hydrogens is 284 g/mol. The Bertz CT molecular complexity index is 528. The molecule has 0 aromatic heterocycles. The maximum Gasteiger partial charge on any atom is 0.330 e. The highest BCUT2D eigenvalue weighted by atomic mass is 16.4. The highest BCUT2D eigenvalue weighted by Crippen LogP contribution is 2.14. The number of benzene rings is 1. The summed E-state index contributed by atoms with van der Waals surface area (Å²) >= 11 is 0. The lowest BCUT2D eigenvalue weighted by atomic mass is 10.0. The van der Waals surface area contributed by atoms with Gasteiger partial charge in [0.15, 0.2) is 6.04 Å². The van der Waals surface area contributed by atoms with Crippen LogP contribution in [0.3, 0.4) is 0 Å². The summed E-state index contributed by atoms with van der Waals surface area (Å²) in [5, 5.41) is 14.4. The summed E-state index contributed by atoms with van der Waals surface area (Å²) in [5.74, 6) is -1.79. The molecule has 1 aromatic rings. The van der Waals surface area contributed by atoms with Crippen molar-refractivity contribution < 1.29 is 19.5 Å². The molecule has 0 fully saturated rings. The fourth-order valence-corrected chi connectivity index (χ4v) is 2.12. The first kappa shape index (κ1) is 17.7. The van der Waals surface area contributed by atoms with E-state index in [1.165, 1.54) is 6.92 Å². The van der Waals surface area contributed by atoms with E-state index in [0.717, 1.165) is 0 Å². The molecule has 0 saturated heterocycles. The molecule has 6 nitrogen and oxygen atoms in total. The van der Waals surface area contributed by atoms with Gasteiger partial charge in [0, 0.05) is 6.92 Å². The van der Waals surface area contributed by atoms with E-state index in [1.54, 1.807) is 30.3 Å². The number of aliphatic carboxylic acids is 1. The van der Waals surface area contributed by atoms with Crippen LogP contribution < -0.4 is 10.6 Å². The molecule has 2 atom stereocenters. The number of carbonyl (C=O) groups is 3. The number of hydrogen-bond acceptors (Lipinski definition) is 3. The maximum absolute atomic E-state index is 12.3. The zero-order valence-electron chi connectivity index (χ0n) is 13.0. The summed E-state index contributed by atoms with van der Waals surface area (Å²) in [7, 11) is 0. The largest absolute Gasteiger partial charge is 0.479 e. The molecule has 3 N–H and O–H groups in total. The number of carbonyl (C=O) groups excluding carboxylic acids is 2. The van der Waals surface area contributed by atoms with Gasteiger partial charge in [0.25, 0.3) is 0 Å². The van der Waals surface area contributed by atoms with Gasteiger partial charge >= 0.3 is 5.97 Å². The van der Waals surface area contributed by atoms with E-state index in [9.17, 15) is 19.5 Å². The molecule has 0 aliphatic heterocycles. The molecule has 120 valence electrons. The highest BCUT2D eigenvalue weighted by molar-refractivity contribution is 5.90. The van der Waals surface area contributed by atoms with Crippen molar-refractivity contribution in [2.24, 2.45) is 5.92 Å². The second kappa shape index (κ2) is 8.17. The summed E-state index contributed by atoms with van der Waals surface area (Å²) in [6.07, 6.45) is 0.437. The molecular formula is C16H22N2O4. The monoisotopic (exact) mass is 306 g/mol. The fourth-order valence-electron chi connectivity index (χ4n) is 2.12. The van der Waals surface area contributed by atoms with Crippen LogP contribution in [0.15, 0.2) is 30.3 Å². The molecule has 0 unspecified atom stereocenters. The predicted octanol–water partition coefficient (Wildman–Crippen LogP) is 1.48. The topological polar surface area (TPSA) is 95.5 Å². The summed E-state index contributed by atoms with van der Waals surface area (Å²) < 4.78 is 0. The van der Waals surface area contributed by atoms with Gasteiger partial charge in [-0.25, -0.2) is 4.79 Å². The molecule has 1 aromatic carbocycles. The smallest absolute Gasteiger partial charge is 0.330 e. The molecule has 0 bridgehead atoms. The van der Waals surface area contributed by atoms with Gasteiger partial charge in [-0.15, -0.1) is 0 Å². The van der Waals surface area contributed by atoms with Crippen molar-refractivity contribution in [3.8, 4) is 0 Å². The zero-order chi connectivity index (χ0) is 16.7. The van der Waals surface area contributed by atoms with E-state index in [2.05, 4.69) is 10.6 Å².